The van der Waals surface area contributed by atoms with Crippen molar-refractivity contribution in [3.63, 3.8) is 0 Å². The Morgan fingerprint density at radius 3 is 2.67 bits per heavy atom. The monoisotopic (exact) mass is 410 g/mol. The minimum absolute atomic E-state index is 0.120. The van der Waals surface area contributed by atoms with Crippen LogP contribution in [0.4, 0.5) is 11.4 Å². The highest BCUT2D eigenvalue weighted by molar-refractivity contribution is 7.92. The number of ether oxygens (including phenoxy) is 2. The van der Waals surface area contributed by atoms with E-state index in [4.69, 9.17) is 21.1 Å². The second-order valence-corrected chi connectivity index (χ2v) is 8.52. The molecular weight excluding hydrogens is 392 g/mol. The van der Waals surface area contributed by atoms with Crippen LogP contribution in [-0.4, -0.2) is 40.3 Å². The van der Waals surface area contributed by atoms with Crippen LogP contribution in [0.3, 0.4) is 0 Å². The van der Waals surface area contributed by atoms with E-state index in [1.807, 2.05) is 6.92 Å². The molecule has 7 nitrogen and oxygen atoms in total. The summed E-state index contributed by atoms with van der Waals surface area (Å²) in [6, 6.07) is 9.98. The van der Waals surface area contributed by atoms with Crippen molar-refractivity contribution in [3.05, 3.63) is 47.0 Å². The molecule has 144 valence electrons. The highest BCUT2D eigenvalue weighted by Crippen LogP contribution is 2.36. The molecule has 0 radical (unpaired) electrons. The summed E-state index contributed by atoms with van der Waals surface area (Å²) >= 11 is 6.07. The van der Waals surface area contributed by atoms with E-state index in [2.05, 4.69) is 5.32 Å². The van der Waals surface area contributed by atoms with Crippen molar-refractivity contribution >= 4 is 38.9 Å². The fourth-order valence-corrected chi connectivity index (χ4v) is 3.94. The number of nitrogens with zero attached hydrogens (tertiary/aromatic N) is 1. The lowest BCUT2D eigenvalue weighted by Gasteiger charge is -2.34. The van der Waals surface area contributed by atoms with E-state index in [0.717, 1.165) is 11.8 Å². The van der Waals surface area contributed by atoms with Crippen LogP contribution < -0.4 is 19.1 Å². The van der Waals surface area contributed by atoms with Gasteiger partial charge in [-0.1, -0.05) is 17.7 Å². The molecule has 1 amide bonds. The minimum atomic E-state index is -3.58. The van der Waals surface area contributed by atoms with Gasteiger partial charge in [0.05, 0.1) is 30.6 Å². The molecule has 0 saturated carbocycles. The number of carbonyl (C=O) groups is 1. The van der Waals surface area contributed by atoms with Gasteiger partial charge in [0.1, 0.15) is 11.5 Å². The largest absolute Gasteiger partial charge is 0.495 e. The Hall–Kier alpha value is -2.45. The van der Waals surface area contributed by atoms with E-state index in [9.17, 15) is 13.2 Å². The summed E-state index contributed by atoms with van der Waals surface area (Å²) in [5, 5.41) is 3.04. The second kappa shape index (κ2) is 7.28. The number of aryl methyl sites for hydroxylation is 1. The second-order valence-electron chi connectivity index (χ2n) is 6.21. The van der Waals surface area contributed by atoms with Crippen molar-refractivity contribution in [2.24, 2.45) is 0 Å². The summed E-state index contributed by atoms with van der Waals surface area (Å²) in [6.07, 6.45) is 0.0960. The molecule has 0 unspecified atom stereocenters. The van der Waals surface area contributed by atoms with Gasteiger partial charge in [0.25, 0.3) is 5.91 Å². The first kappa shape index (κ1) is 19.3. The van der Waals surface area contributed by atoms with E-state index >= 15 is 0 Å². The summed E-state index contributed by atoms with van der Waals surface area (Å²) in [5.74, 6) is 0.345. The first-order valence-corrected chi connectivity index (χ1v) is 10.3. The summed E-state index contributed by atoms with van der Waals surface area (Å²) in [7, 11) is -2.08. The molecule has 0 aliphatic carbocycles. The van der Waals surface area contributed by atoms with Crippen molar-refractivity contribution < 1.29 is 22.7 Å². The van der Waals surface area contributed by atoms with Crippen LogP contribution >= 0.6 is 11.6 Å². The van der Waals surface area contributed by atoms with Crippen LogP contribution in [0.1, 0.15) is 5.56 Å². The molecule has 2 aromatic carbocycles. The zero-order valence-corrected chi connectivity index (χ0v) is 16.6. The number of nitrogens with one attached hydrogen (secondary N) is 1. The molecule has 0 bridgehead atoms. The molecule has 27 heavy (non-hydrogen) atoms. The maximum atomic E-state index is 12.7. The molecule has 0 fully saturated rings. The van der Waals surface area contributed by atoms with Gasteiger partial charge in [-0.3, -0.25) is 9.10 Å². The van der Waals surface area contributed by atoms with Gasteiger partial charge in [-0.15, -0.1) is 0 Å². The molecule has 0 saturated heterocycles. The van der Waals surface area contributed by atoms with Gasteiger partial charge in [0, 0.05) is 5.69 Å². The number of benzene rings is 2. The van der Waals surface area contributed by atoms with Crippen molar-refractivity contribution in [1.29, 1.82) is 0 Å². The van der Waals surface area contributed by atoms with E-state index in [0.29, 0.717) is 27.9 Å². The van der Waals surface area contributed by atoms with Gasteiger partial charge < -0.3 is 14.8 Å². The van der Waals surface area contributed by atoms with Crippen molar-refractivity contribution in [3.8, 4) is 11.5 Å². The van der Waals surface area contributed by atoms with Crippen LogP contribution in [0, 0.1) is 6.92 Å². The maximum Gasteiger partial charge on any atom is 0.267 e. The third-order valence-corrected chi connectivity index (χ3v) is 5.54. The standard InChI is InChI=1S/C18H19ClN2O5S/c1-11-4-6-16-14(8-11)21(27(3,23)24)10-17(26-16)18(22)20-12-5-7-15(25-2)13(19)9-12/h4-9,17H,10H2,1-3H3,(H,20,22)/t17-/m1/s1. The predicted octanol–water partition coefficient (Wildman–Crippen LogP) is 2.82. The average molecular weight is 411 g/mol. The molecule has 1 aliphatic heterocycles. The molecule has 1 aliphatic rings. The Balaban J connectivity index is 1.86. The van der Waals surface area contributed by atoms with E-state index in [1.54, 1.807) is 36.4 Å². The zero-order chi connectivity index (χ0) is 19.8. The molecule has 1 heterocycles. The van der Waals surface area contributed by atoms with Gasteiger partial charge in [0.2, 0.25) is 10.0 Å². The smallest absolute Gasteiger partial charge is 0.267 e. The number of amides is 1. The van der Waals surface area contributed by atoms with Gasteiger partial charge in [0.15, 0.2) is 6.10 Å². The molecule has 3 rings (SSSR count). The van der Waals surface area contributed by atoms with Crippen LogP contribution in [0.15, 0.2) is 36.4 Å². The van der Waals surface area contributed by atoms with E-state index in [-0.39, 0.29) is 6.54 Å². The molecule has 1 N–H and O–H groups in total. The molecule has 0 aromatic heterocycles. The molecule has 0 spiro atoms. The van der Waals surface area contributed by atoms with E-state index in [1.165, 1.54) is 11.4 Å². The SMILES string of the molecule is COc1ccc(NC(=O)[C@H]2CN(S(C)(=O)=O)c3cc(C)ccc3O2)cc1Cl. The lowest BCUT2D eigenvalue weighted by Crippen LogP contribution is -2.48. The Labute approximate surface area is 162 Å². The Morgan fingerprint density at radius 1 is 1.30 bits per heavy atom. The third-order valence-electron chi connectivity index (χ3n) is 4.10. The number of rotatable bonds is 4. The lowest BCUT2D eigenvalue weighted by molar-refractivity contribution is -0.122. The highest BCUT2D eigenvalue weighted by atomic mass is 35.5. The molecular formula is C18H19ClN2O5S. The topological polar surface area (TPSA) is 84.9 Å². The van der Waals surface area contributed by atoms with Crippen molar-refractivity contribution in [2.45, 2.75) is 13.0 Å². The summed E-state index contributed by atoms with van der Waals surface area (Å²) in [4.78, 5) is 12.7. The number of methoxy groups -OCH3 is 1. The molecule has 2 aromatic rings. The van der Waals surface area contributed by atoms with Gasteiger partial charge in [-0.05, 0) is 42.8 Å². The summed E-state index contributed by atoms with van der Waals surface area (Å²) in [5.41, 5.74) is 1.77. The summed E-state index contributed by atoms with van der Waals surface area (Å²) in [6.45, 7) is 1.73. The number of anilines is 2. The normalized spacial score (nSPS) is 16.3. The van der Waals surface area contributed by atoms with Crippen LogP contribution in [0.5, 0.6) is 11.5 Å². The Kier molecular flexibility index (Phi) is 5.21. The highest BCUT2D eigenvalue weighted by Gasteiger charge is 2.35. The Bertz CT molecular complexity index is 993. The predicted molar refractivity (Wildman–Crippen MR) is 104 cm³/mol. The third kappa shape index (κ3) is 4.12. The van der Waals surface area contributed by atoms with Gasteiger partial charge >= 0.3 is 0 Å². The number of hydrogen-bond donors (Lipinski definition) is 1. The fourth-order valence-electron chi connectivity index (χ4n) is 2.78. The van der Waals surface area contributed by atoms with Crippen molar-refractivity contribution in [1.82, 2.24) is 0 Å². The number of sulfonamides is 1. The first-order chi connectivity index (χ1) is 12.7. The minimum Gasteiger partial charge on any atom is -0.495 e. The average Bonchev–Trinajstić information content (AvgIpc) is 2.60. The summed E-state index contributed by atoms with van der Waals surface area (Å²) < 4.78 is 36.4. The maximum absolute atomic E-state index is 12.7. The fraction of sp³-hybridized carbons (Fsp3) is 0.278. The number of halogens is 1. The molecule has 1 atom stereocenters. The van der Waals surface area contributed by atoms with Crippen LogP contribution in [0.25, 0.3) is 0 Å². The lowest BCUT2D eigenvalue weighted by atomic mass is 10.1. The van der Waals surface area contributed by atoms with Gasteiger partial charge in [-0.2, -0.15) is 0 Å². The van der Waals surface area contributed by atoms with Gasteiger partial charge in [-0.25, -0.2) is 8.42 Å². The van der Waals surface area contributed by atoms with Crippen LogP contribution in [-0.2, 0) is 14.8 Å². The van der Waals surface area contributed by atoms with Crippen molar-refractivity contribution in [2.75, 3.05) is 29.5 Å². The molecule has 9 heteroatoms. The number of fused-ring (bicyclic) bond motifs is 1. The zero-order valence-electron chi connectivity index (χ0n) is 15.0. The first-order valence-electron chi connectivity index (χ1n) is 8.08. The Morgan fingerprint density at radius 2 is 2.04 bits per heavy atom. The number of hydrogen-bond acceptors (Lipinski definition) is 5. The van der Waals surface area contributed by atoms with E-state index < -0.39 is 22.0 Å². The number of carbonyl (C=O) groups excluding carboxylic acids is 1. The quantitative estimate of drug-likeness (QED) is 0.837. The van der Waals surface area contributed by atoms with Crippen LogP contribution in [0.2, 0.25) is 5.02 Å².